The third kappa shape index (κ3) is 7.99. The molecule has 3 heterocycles. The van der Waals surface area contributed by atoms with Crippen molar-refractivity contribution in [2.24, 2.45) is 5.92 Å². The summed E-state index contributed by atoms with van der Waals surface area (Å²) in [7, 11) is 0. The quantitative estimate of drug-likeness (QED) is 0.296. The number of hydrogen-bond donors (Lipinski definition) is 3. The number of aliphatic hydroxyl groups excluding tert-OH is 2. The van der Waals surface area contributed by atoms with Gasteiger partial charge in [-0.15, -0.1) is 0 Å². The van der Waals surface area contributed by atoms with Crippen LogP contribution in [-0.2, 0) is 32.2 Å². The Labute approximate surface area is 283 Å². The number of nitrogens with zero attached hydrogens (tertiary/aromatic N) is 2. The zero-order chi connectivity index (χ0) is 34.7. The van der Waals surface area contributed by atoms with E-state index in [-0.39, 0.29) is 50.3 Å². The van der Waals surface area contributed by atoms with Gasteiger partial charge in [0.05, 0.1) is 24.9 Å². The second-order valence-corrected chi connectivity index (χ2v) is 13.2. The molecule has 3 aromatic rings. The van der Waals surface area contributed by atoms with Gasteiger partial charge >= 0.3 is 12.1 Å². The Morgan fingerprint density at radius 3 is 2.33 bits per heavy atom. The van der Waals surface area contributed by atoms with E-state index in [2.05, 4.69) is 17.1 Å². The summed E-state index contributed by atoms with van der Waals surface area (Å²) in [5, 5.41) is 22.4. The Balaban J connectivity index is 1.17. The fourth-order valence-corrected chi connectivity index (χ4v) is 7.08. The van der Waals surface area contributed by atoms with Gasteiger partial charge in [0.25, 0.3) is 0 Å². The number of hydrogen-bond acceptors (Lipinski definition) is 7. The molecule has 49 heavy (non-hydrogen) atoms. The zero-order valence-corrected chi connectivity index (χ0v) is 27.3. The van der Waals surface area contributed by atoms with Crippen LogP contribution in [0.2, 0.25) is 0 Å². The Morgan fingerprint density at radius 1 is 0.939 bits per heavy atom. The van der Waals surface area contributed by atoms with E-state index in [0.717, 1.165) is 46.3 Å². The molecule has 0 radical (unpaired) electrons. The normalized spacial score (nSPS) is 26.2. The van der Waals surface area contributed by atoms with Crippen LogP contribution in [-0.4, -0.2) is 82.4 Å². The molecule has 0 saturated carbocycles. The summed E-state index contributed by atoms with van der Waals surface area (Å²) in [6.07, 6.45) is -5.23. The highest BCUT2D eigenvalue weighted by Crippen LogP contribution is 2.42. The average Bonchev–Trinajstić information content (AvgIpc) is 3.76. The van der Waals surface area contributed by atoms with Gasteiger partial charge in [-0.2, -0.15) is 13.2 Å². The van der Waals surface area contributed by atoms with Gasteiger partial charge in [0.1, 0.15) is 6.04 Å². The predicted octanol–water partition coefficient (Wildman–Crippen LogP) is 4.87. The van der Waals surface area contributed by atoms with Crippen molar-refractivity contribution in [3.05, 3.63) is 95.1 Å². The maximum Gasteiger partial charge on any atom is 0.471 e. The third-order valence-corrected chi connectivity index (χ3v) is 9.83. The molecule has 0 spiro atoms. The van der Waals surface area contributed by atoms with E-state index in [0.29, 0.717) is 24.4 Å². The molecule has 6 atom stereocenters. The fraction of sp³-hybridized carbons (Fsp3) is 0.459. The minimum atomic E-state index is -5.03. The number of aliphatic hydroxyl groups is 2. The number of ether oxygens (including phenoxy) is 2. The molecule has 3 aromatic carbocycles. The molecule has 262 valence electrons. The Hall–Kier alpha value is -3.81. The van der Waals surface area contributed by atoms with Gasteiger partial charge < -0.3 is 29.9 Å². The number of nitrogens with one attached hydrogen (secondary N) is 1. The van der Waals surface area contributed by atoms with Crippen LogP contribution in [0.4, 0.5) is 13.2 Å². The Bertz CT molecular complexity index is 1600. The molecule has 6 rings (SSSR count). The van der Waals surface area contributed by atoms with Crippen LogP contribution in [0.15, 0.2) is 72.8 Å². The van der Waals surface area contributed by atoms with Crippen molar-refractivity contribution in [3.8, 4) is 11.1 Å². The molecule has 3 N–H and O–H groups in total. The summed E-state index contributed by atoms with van der Waals surface area (Å²) < 4.78 is 52.4. The minimum absolute atomic E-state index is 0.0122. The van der Waals surface area contributed by atoms with Gasteiger partial charge in [-0.25, -0.2) is 0 Å². The standard InChI is InChI=1S/C37H42F3N3O6/c1-23-32(21-42-18-16-29(45)20-42)48-35(49-33(23)26-10-8-24(22-44)9-11-26)27-14-12-25(13-15-27)30-6-3-2-5-28(30)19-41-34(46)31-7-4-17-43(31)36(47)37(38,39)40/h2-3,5-6,8-15,23,29,31-33,35,44-45H,4,7,16-22H2,1H3,(H,41,46)/t23-,29-,31-,32+,33+,35+/m0/s1. The highest BCUT2D eigenvalue weighted by Gasteiger charge is 2.47. The molecular formula is C37H42F3N3O6. The number of amides is 2. The van der Waals surface area contributed by atoms with Crippen molar-refractivity contribution in [2.75, 3.05) is 26.2 Å². The number of alkyl halides is 3. The van der Waals surface area contributed by atoms with Gasteiger partial charge in [-0.1, -0.05) is 79.7 Å². The second-order valence-electron chi connectivity index (χ2n) is 13.2. The van der Waals surface area contributed by atoms with E-state index in [1.54, 1.807) is 0 Å². The average molecular weight is 682 g/mol. The maximum atomic E-state index is 13.1. The predicted molar refractivity (Wildman–Crippen MR) is 175 cm³/mol. The van der Waals surface area contributed by atoms with Crippen molar-refractivity contribution in [1.29, 1.82) is 0 Å². The summed E-state index contributed by atoms with van der Waals surface area (Å²) in [6, 6.07) is 21.8. The molecule has 0 aromatic heterocycles. The fourth-order valence-electron chi connectivity index (χ4n) is 7.08. The minimum Gasteiger partial charge on any atom is -0.392 e. The van der Waals surface area contributed by atoms with Crippen LogP contribution in [0.25, 0.3) is 11.1 Å². The number of carbonyl (C=O) groups excluding carboxylic acids is 2. The number of halogens is 3. The molecule has 0 unspecified atom stereocenters. The van der Waals surface area contributed by atoms with E-state index in [1.807, 2.05) is 72.8 Å². The van der Waals surface area contributed by atoms with Gasteiger partial charge in [-0.3, -0.25) is 14.5 Å². The molecule has 3 aliphatic heterocycles. The molecule has 0 bridgehead atoms. The zero-order valence-electron chi connectivity index (χ0n) is 27.3. The van der Waals surface area contributed by atoms with Crippen molar-refractivity contribution < 1.29 is 42.4 Å². The van der Waals surface area contributed by atoms with E-state index >= 15 is 0 Å². The number of β-amino-alcohol motifs (C(OH)–C–C–N with tert-alkyl or cyclic N) is 1. The lowest BCUT2D eigenvalue weighted by molar-refractivity contribution is -0.276. The molecule has 3 aliphatic rings. The highest BCUT2D eigenvalue weighted by atomic mass is 19.4. The van der Waals surface area contributed by atoms with Crippen LogP contribution in [0.3, 0.4) is 0 Å². The summed E-state index contributed by atoms with van der Waals surface area (Å²) >= 11 is 0. The van der Waals surface area contributed by atoms with Gasteiger partial charge in [0, 0.05) is 44.2 Å². The van der Waals surface area contributed by atoms with Crippen molar-refractivity contribution in [1.82, 2.24) is 15.1 Å². The van der Waals surface area contributed by atoms with Crippen molar-refractivity contribution >= 4 is 11.8 Å². The first-order valence-electron chi connectivity index (χ1n) is 16.8. The lowest BCUT2D eigenvalue weighted by Gasteiger charge is -2.42. The SMILES string of the molecule is C[C@H]1[C@@H](CN2CC[C@H](O)C2)O[C@@H](c2ccc(-c3ccccc3CNC(=O)[C@@H]3CCCN3C(=O)C(F)(F)F)cc2)O[C@H]1c1ccc(CO)cc1. The maximum absolute atomic E-state index is 13.1. The summed E-state index contributed by atoms with van der Waals surface area (Å²) in [5.74, 6) is -2.59. The molecule has 0 aliphatic carbocycles. The van der Waals surface area contributed by atoms with Crippen LogP contribution in [0, 0.1) is 5.92 Å². The third-order valence-electron chi connectivity index (χ3n) is 9.83. The number of rotatable bonds is 9. The number of likely N-dealkylation sites (tertiary alicyclic amines) is 2. The molecule has 2 amide bonds. The monoisotopic (exact) mass is 681 g/mol. The van der Waals surface area contributed by atoms with E-state index in [9.17, 15) is 33.0 Å². The van der Waals surface area contributed by atoms with E-state index in [1.165, 1.54) is 0 Å². The topological polar surface area (TPSA) is 112 Å². The molecule has 12 heteroatoms. The summed E-state index contributed by atoms with van der Waals surface area (Å²) in [4.78, 5) is 27.6. The van der Waals surface area contributed by atoms with E-state index in [4.69, 9.17) is 9.47 Å². The van der Waals surface area contributed by atoms with Gasteiger partial charge in [0.15, 0.2) is 6.29 Å². The van der Waals surface area contributed by atoms with Gasteiger partial charge in [-0.05, 0) is 47.1 Å². The smallest absolute Gasteiger partial charge is 0.392 e. The Morgan fingerprint density at radius 2 is 1.65 bits per heavy atom. The first-order chi connectivity index (χ1) is 23.5. The molecule has 3 fully saturated rings. The number of benzene rings is 3. The Kier molecular flexibility index (Phi) is 10.7. The van der Waals surface area contributed by atoms with E-state index < -0.39 is 30.3 Å². The van der Waals surface area contributed by atoms with Crippen LogP contribution < -0.4 is 5.32 Å². The van der Waals surface area contributed by atoms with Crippen molar-refractivity contribution in [3.63, 3.8) is 0 Å². The van der Waals surface area contributed by atoms with Crippen LogP contribution in [0.1, 0.15) is 60.8 Å². The highest BCUT2D eigenvalue weighted by molar-refractivity contribution is 5.90. The molecule has 3 saturated heterocycles. The van der Waals surface area contributed by atoms with Crippen LogP contribution in [0.5, 0.6) is 0 Å². The second kappa shape index (κ2) is 15.0. The first-order valence-corrected chi connectivity index (χ1v) is 16.8. The molecule has 9 nitrogen and oxygen atoms in total. The summed E-state index contributed by atoms with van der Waals surface area (Å²) in [5.41, 5.74) is 5.10. The largest absolute Gasteiger partial charge is 0.471 e. The lowest BCUT2D eigenvalue weighted by Crippen LogP contribution is -2.50. The number of carbonyl (C=O) groups is 2. The lowest BCUT2D eigenvalue weighted by atomic mass is 9.90. The summed E-state index contributed by atoms with van der Waals surface area (Å²) in [6.45, 7) is 4.10. The first kappa shape index (κ1) is 35.0. The van der Waals surface area contributed by atoms with Crippen LogP contribution >= 0.6 is 0 Å². The van der Waals surface area contributed by atoms with Crippen molar-refractivity contribution in [2.45, 2.75) is 76.2 Å². The molecular weight excluding hydrogens is 639 g/mol. The van der Waals surface area contributed by atoms with Gasteiger partial charge in [0.2, 0.25) is 5.91 Å².